The van der Waals surface area contributed by atoms with E-state index in [9.17, 15) is 4.79 Å². The summed E-state index contributed by atoms with van der Waals surface area (Å²) in [6.07, 6.45) is 0.969. The van der Waals surface area contributed by atoms with E-state index in [4.69, 9.17) is 5.84 Å². The van der Waals surface area contributed by atoms with E-state index in [1.54, 1.807) is 11.9 Å². The Morgan fingerprint density at radius 2 is 2.00 bits per heavy atom. The zero-order chi connectivity index (χ0) is 9.78. The van der Waals surface area contributed by atoms with Crippen molar-refractivity contribution in [1.29, 1.82) is 0 Å². The average Bonchev–Trinajstić information content (AvgIpc) is 1.97. The standard InChI is InChI=1S/C8H19N3O/c1-8(2,3)5-6-11(4)7(12)10-9/h5-6,9H2,1-4H3,(H,10,12). The van der Waals surface area contributed by atoms with Crippen molar-refractivity contribution in [3.63, 3.8) is 0 Å². The number of hydrogen-bond donors (Lipinski definition) is 2. The molecule has 4 heteroatoms. The van der Waals surface area contributed by atoms with Gasteiger partial charge in [0.25, 0.3) is 0 Å². The summed E-state index contributed by atoms with van der Waals surface area (Å²) < 4.78 is 0. The maximum absolute atomic E-state index is 10.9. The average molecular weight is 173 g/mol. The molecule has 0 spiro atoms. The van der Waals surface area contributed by atoms with Crippen molar-refractivity contribution < 1.29 is 4.79 Å². The largest absolute Gasteiger partial charge is 0.331 e. The first kappa shape index (κ1) is 11.2. The van der Waals surface area contributed by atoms with Gasteiger partial charge >= 0.3 is 6.03 Å². The van der Waals surface area contributed by atoms with Crippen LogP contribution in [0.2, 0.25) is 0 Å². The summed E-state index contributed by atoms with van der Waals surface area (Å²) in [5.74, 6) is 4.97. The number of nitrogens with zero attached hydrogens (tertiary/aromatic N) is 1. The Hall–Kier alpha value is -0.770. The van der Waals surface area contributed by atoms with Crippen molar-refractivity contribution in [1.82, 2.24) is 10.3 Å². The highest BCUT2D eigenvalue weighted by Crippen LogP contribution is 2.18. The van der Waals surface area contributed by atoms with E-state index in [2.05, 4.69) is 26.2 Å². The lowest BCUT2D eigenvalue weighted by Crippen LogP contribution is -2.42. The normalized spacial score (nSPS) is 11.1. The van der Waals surface area contributed by atoms with Gasteiger partial charge in [-0.05, 0) is 11.8 Å². The third-order valence-corrected chi connectivity index (χ3v) is 1.67. The van der Waals surface area contributed by atoms with Crippen LogP contribution in [0.1, 0.15) is 27.2 Å². The van der Waals surface area contributed by atoms with Crippen molar-refractivity contribution in [3.8, 4) is 0 Å². The molecule has 0 aromatic carbocycles. The second-order valence-electron chi connectivity index (χ2n) is 4.18. The minimum absolute atomic E-state index is 0.237. The van der Waals surface area contributed by atoms with Gasteiger partial charge in [0.1, 0.15) is 0 Å². The van der Waals surface area contributed by atoms with Gasteiger partial charge in [0.05, 0.1) is 0 Å². The molecule has 3 N–H and O–H groups in total. The number of nitrogens with two attached hydrogens (primary N) is 1. The molecular weight excluding hydrogens is 154 g/mol. The van der Waals surface area contributed by atoms with Crippen molar-refractivity contribution in [2.45, 2.75) is 27.2 Å². The smallest absolute Gasteiger partial charge is 0.327 e. The Balaban J connectivity index is 3.72. The summed E-state index contributed by atoms with van der Waals surface area (Å²) >= 11 is 0. The van der Waals surface area contributed by atoms with Crippen LogP contribution in [0.15, 0.2) is 0 Å². The summed E-state index contributed by atoms with van der Waals surface area (Å²) in [6.45, 7) is 7.15. The van der Waals surface area contributed by atoms with E-state index in [1.165, 1.54) is 0 Å². The molecule has 0 radical (unpaired) electrons. The lowest BCUT2D eigenvalue weighted by molar-refractivity contribution is 0.201. The minimum Gasteiger partial charge on any atom is -0.327 e. The molecule has 0 fully saturated rings. The number of rotatable bonds is 2. The SMILES string of the molecule is CN(CCC(C)(C)C)C(=O)NN. The van der Waals surface area contributed by atoms with Crippen LogP contribution in [0.5, 0.6) is 0 Å². The van der Waals surface area contributed by atoms with Crippen LogP contribution in [-0.4, -0.2) is 24.5 Å². The Morgan fingerprint density at radius 1 is 1.50 bits per heavy atom. The third kappa shape index (κ3) is 4.96. The van der Waals surface area contributed by atoms with E-state index >= 15 is 0 Å². The van der Waals surface area contributed by atoms with Crippen molar-refractivity contribution >= 4 is 6.03 Å². The van der Waals surface area contributed by atoms with E-state index in [-0.39, 0.29) is 11.4 Å². The Kier molecular flexibility index (Phi) is 4.03. The van der Waals surface area contributed by atoms with Crippen LogP contribution < -0.4 is 11.3 Å². The molecular formula is C8H19N3O. The van der Waals surface area contributed by atoms with Gasteiger partial charge in [-0.3, -0.25) is 5.43 Å². The van der Waals surface area contributed by atoms with Gasteiger partial charge in [0.2, 0.25) is 0 Å². The monoisotopic (exact) mass is 173 g/mol. The molecule has 0 aromatic rings. The fourth-order valence-corrected chi connectivity index (χ4v) is 0.715. The van der Waals surface area contributed by atoms with E-state index in [1.807, 2.05) is 0 Å². The van der Waals surface area contributed by atoms with Gasteiger partial charge in [0.15, 0.2) is 0 Å². The predicted molar refractivity (Wildman–Crippen MR) is 49.4 cm³/mol. The van der Waals surface area contributed by atoms with E-state index < -0.39 is 0 Å². The van der Waals surface area contributed by atoms with Crippen molar-refractivity contribution in [2.75, 3.05) is 13.6 Å². The van der Waals surface area contributed by atoms with Gasteiger partial charge in [0, 0.05) is 13.6 Å². The molecule has 0 bridgehead atoms. The molecule has 0 aromatic heterocycles. The lowest BCUT2D eigenvalue weighted by Gasteiger charge is -2.23. The lowest BCUT2D eigenvalue weighted by atomic mass is 9.92. The fourth-order valence-electron chi connectivity index (χ4n) is 0.715. The molecule has 0 atom stereocenters. The van der Waals surface area contributed by atoms with Gasteiger partial charge in [-0.15, -0.1) is 0 Å². The quantitative estimate of drug-likeness (QED) is 0.371. The zero-order valence-corrected chi connectivity index (χ0v) is 8.35. The molecule has 0 unspecified atom stereocenters. The summed E-state index contributed by atoms with van der Waals surface area (Å²) in [6, 6.07) is -0.237. The molecule has 0 aliphatic heterocycles. The fraction of sp³-hybridized carbons (Fsp3) is 0.875. The second kappa shape index (κ2) is 4.30. The predicted octanol–water partition coefficient (Wildman–Crippen LogP) is 0.938. The van der Waals surface area contributed by atoms with Crippen LogP contribution in [0.3, 0.4) is 0 Å². The molecule has 0 saturated carbocycles. The zero-order valence-electron chi connectivity index (χ0n) is 8.35. The topological polar surface area (TPSA) is 58.4 Å². The van der Waals surface area contributed by atoms with Crippen molar-refractivity contribution in [3.05, 3.63) is 0 Å². The minimum atomic E-state index is -0.237. The Morgan fingerprint density at radius 3 is 2.33 bits per heavy atom. The first-order valence-electron chi connectivity index (χ1n) is 4.08. The number of carbonyl (C=O) groups is 1. The Bertz CT molecular complexity index is 151. The summed E-state index contributed by atoms with van der Waals surface area (Å²) in [5, 5.41) is 0. The summed E-state index contributed by atoms with van der Waals surface area (Å²) in [5.41, 5.74) is 2.34. The first-order chi connectivity index (χ1) is 5.37. The molecule has 72 valence electrons. The highest BCUT2D eigenvalue weighted by atomic mass is 16.2. The molecule has 2 amide bonds. The van der Waals surface area contributed by atoms with Crippen LogP contribution in [0.25, 0.3) is 0 Å². The highest BCUT2D eigenvalue weighted by Gasteiger charge is 2.13. The van der Waals surface area contributed by atoms with Gasteiger partial charge in [-0.1, -0.05) is 20.8 Å². The third-order valence-electron chi connectivity index (χ3n) is 1.67. The van der Waals surface area contributed by atoms with Gasteiger partial charge in [-0.2, -0.15) is 0 Å². The van der Waals surface area contributed by atoms with Crippen molar-refractivity contribution in [2.24, 2.45) is 11.3 Å². The number of nitrogens with one attached hydrogen (secondary N) is 1. The first-order valence-corrected chi connectivity index (χ1v) is 4.08. The van der Waals surface area contributed by atoms with Crippen LogP contribution in [0, 0.1) is 5.41 Å². The number of urea groups is 1. The summed E-state index contributed by atoms with van der Waals surface area (Å²) in [4.78, 5) is 12.5. The molecule has 4 nitrogen and oxygen atoms in total. The molecule has 0 aliphatic rings. The number of amides is 2. The van der Waals surface area contributed by atoms with Gasteiger partial charge < -0.3 is 4.90 Å². The molecule has 12 heavy (non-hydrogen) atoms. The van der Waals surface area contributed by atoms with E-state index in [0.29, 0.717) is 0 Å². The number of hydrazine groups is 1. The summed E-state index contributed by atoms with van der Waals surface area (Å²) in [7, 11) is 1.73. The number of hydrogen-bond acceptors (Lipinski definition) is 2. The second-order valence-corrected chi connectivity index (χ2v) is 4.18. The Labute approximate surface area is 74.1 Å². The molecule has 0 heterocycles. The molecule has 0 rings (SSSR count). The maximum Gasteiger partial charge on any atom is 0.331 e. The van der Waals surface area contributed by atoms with Crippen LogP contribution in [-0.2, 0) is 0 Å². The molecule has 0 aliphatic carbocycles. The maximum atomic E-state index is 10.9. The van der Waals surface area contributed by atoms with E-state index in [0.717, 1.165) is 13.0 Å². The highest BCUT2D eigenvalue weighted by molar-refractivity contribution is 5.72. The van der Waals surface area contributed by atoms with Crippen LogP contribution in [0.4, 0.5) is 4.79 Å². The number of carbonyl (C=O) groups excluding carboxylic acids is 1. The molecule has 0 saturated heterocycles. The van der Waals surface area contributed by atoms with Gasteiger partial charge in [-0.25, -0.2) is 10.6 Å². The van der Waals surface area contributed by atoms with Crippen LogP contribution >= 0.6 is 0 Å².